The summed E-state index contributed by atoms with van der Waals surface area (Å²) in [4.78, 5) is 5.53. The minimum absolute atomic E-state index is 0.110. The second-order valence-electron chi connectivity index (χ2n) is 4.60. The number of ether oxygens (including phenoxy) is 1. The van der Waals surface area contributed by atoms with Crippen LogP contribution in [0.4, 0.5) is 11.4 Å². The molecule has 0 atom stereocenters. The maximum Gasteiger partial charge on any atom is 0.144 e. The molecule has 0 amide bonds. The monoisotopic (exact) mass is 277 g/mol. The van der Waals surface area contributed by atoms with Gasteiger partial charge in [-0.2, -0.15) is 0 Å². The van der Waals surface area contributed by atoms with E-state index in [1.54, 1.807) is 11.3 Å². The van der Waals surface area contributed by atoms with Crippen LogP contribution in [0.2, 0.25) is 0 Å². The van der Waals surface area contributed by atoms with Crippen molar-refractivity contribution in [3.05, 3.63) is 34.3 Å². The molecule has 19 heavy (non-hydrogen) atoms. The Bertz CT molecular complexity index is 551. The van der Waals surface area contributed by atoms with E-state index in [-0.39, 0.29) is 6.10 Å². The van der Waals surface area contributed by atoms with Crippen LogP contribution in [0.3, 0.4) is 0 Å². The van der Waals surface area contributed by atoms with Gasteiger partial charge in [-0.05, 0) is 32.9 Å². The third-order valence-electron chi connectivity index (χ3n) is 2.53. The van der Waals surface area contributed by atoms with Gasteiger partial charge in [-0.25, -0.2) is 4.98 Å². The molecular weight excluding hydrogens is 258 g/mol. The molecule has 0 saturated carbocycles. The molecule has 0 radical (unpaired) electrons. The molecule has 0 aliphatic rings. The number of aryl methyl sites for hydroxylation is 1. The van der Waals surface area contributed by atoms with Crippen LogP contribution >= 0.6 is 11.3 Å². The molecule has 5 heteroatoms. The largest absolute Gasteiger partial charge is 0.489 e. The topological polar surface area (TPSA) is 60.2 Å². The van der Waals surface area contributed by atoms with Crippen molar-refractivity contribution in [2.24, 2.45) is 0 Å². The number of aromatic nitrogens is 1. The van der Waals surface area contributed by atoms with Crippen molar-refractivity contribution in [2.75, 3.05) is 11.1 Å². The molecule has 0 bridgehead atoms. The van der Waals surface area contributed by atoms with Gasteiger partial charge in [-0.15, -0.1) is 11.3 Å². The smallest absolute Gasteiger partial charge is 0.144 e. The van der Waals surface area contributed by atoms with E-state index in [1.807, 2.05) is 45.2 Å². The first kappa shape index (κ1) is 13.7. The van der Waals surface area contributed by atoms with Gasteiger partial charge in [0.25, 0.3) is 0 Å². The number of rotatable bonds is 5. The average molecular weight is 277 g/mol. The molecule has 0 fully saturated rings. The average Bonchev–Trinajstić information content (AvgIpc) is 2.76. The summed E-state index contributed by atoms with van der Waals surface area (Å²) >= 11 is 1.68. The van der Waals surface area contributed by atoms with Gasteiger partial charge in [-0.3, -0.25) is 0 Å². The first-order valence-corrected chi connectivity index (χ1v) is 7.08. The standard InChI is InChI=1S/C14H19N3OS/c1-9(2)18-12-6-4-5-11(14(12)15)16-8-13-17-7-10(3)19-13/h4-7,9,16H,8,15H2,1-3H3. The van der Waals surface area contributed by atoms with Crippen molar-refractivity contribution in [3.63, 3.8) is 0 Å². The number of anilines is 2. The summed E-state index contributed by atoms with van der Waals surface area (Å²) in [5, 5.41) is 4.35. The van der Waals surface area contributed by atoms with Crippen molar-refractivity contribution in [1.29, 1.82) is 0 Å². The fraction of sp³-hybridized carbons (Fsp3) is 0.357. The van der Waals surface area contributed by atoms with Gasteiger partial charge in [0.2, 0.25) is 0 Å². The molecule has 3 N–H and O–H groups in total. The number of benzene rings is 1. The van der Waals surface area contributed by atoms with Crippen LogP contribution in [-0.2, 0) is 6.54 Å². The molecule has 0 aliphatic heterocycles. The number of hydrogen-bond acceptors (Lipinski definition) is 5. The molecule has 2 aromatic rings. The number of thiazole rings is 1. The summed E-state index contributed by atoms with van der Waals surface area (Å²) in [6.07, 6.45) is 1.99. The molecule has 0 saturated heterocycles. The van der Waals surface area contributed by atoms with Crippen LogP contribution in [0.25, 0.3) is 0 Å². The number of nitrogens with zero attached hydrogens (tertiary/aromatic N) is 1. The van der Waals surface area contributed by atoms with E-state index in [0.29, 0.717) is 12.2 Å². The third kappa shape index (κ3) is 3.61. The lowest BCUT2D eigenvalue weighted by atomic mass is 10.2. The van der Waals surface area contributed by atoms with E-state index < -0.39 is 0 Å². The summed E-state index contributed by atoms with van der Waals surface area (Å²) in [6, 6.07) is 5.76. The Labute approximate surface area is 117 Å². The lowest BCUT2D eigenvalue weighted by Crippen LogP contribution is -2.09. The fourth-order valence-corrected chi connectivity index (χ4v) is 2.44. The molecule has 0 unspecified atom stereocenters. The summed E-state index contributed by atoms with van der Waals surface area (Å²) in [7, 11) is 0. The molecule has 1 heterocycles. The number of hydrogen-bond donors (Lipinski definition) is 2. The second kappa shape index (κ2) is 5.93. The van der Waals surface area contributed by atoms with E-state index in [1.165, 1.54) is 4.88 Å². The predicted molar refractivity (Wildman–Crippen MR) is 80.8 cm³/mol. The Hall–Kier alpha value is -1.75. The lowest BCUT2D eigenvalue weighted by Gasteiger charge is -2.15. The zero-order valence-electron chi connectivity index (χ0n) is 11.4. The van der Waals surface area contributed by atoms with Gasteiger partial charge in [0.1, 0.15) is 10.8 Å². The van der Waals surface area contributed by atoms with Crippen LogP contribution < -0.4 is 15.8 Å². The normalized spacial score (nSPS) is 10.7. The predicted octanol–water partition coefficient (Wildman–Crippen LogP) is 3.43. The van der Waals surface area contributed by atoms with E-state index in [9.17, 15) is 0 Å². The third-order valence-corrected chi connectivity index (χ3v) is 3.44. The molecule has 0 aliphatic carbocycles. The summed E-state index contributed by atoms with van der Waals surface area (Å²) in [5.41, 5.74) is 7.62. The quantitative estimate of drug-likeness (QED) is 0.822. The van der Waals surface area contributed by atoms with E-state index in [2.05, 4.69) is 10.3 Å². The van der Waals surface area contributed by atoms with Gasteiger partial charge in [0.05, 0.1) is 24.0 Å². The highest BCUT2D eigenvalue weighted by Gasteiger charge is 2.08. The maximum absolute atomic E-state index is 6.10. The zero-order valence-corrected chi connectivity index (χ0v) is 12.3. The Balaban J connectivity index is 2.08. The number of nitrogens with two attached hydrogens (primary N) is 1. The fourth-order valence-electron chi connectivity index (χ4n) is 1.71. The van der Waals surface area contributed by atoms with Crippen molar-refractivity contribution >= 4 is 22.7 Å². The number of nitrogen functional groups attached to an aromatic ring is 1. The second-order valence-corrected chi connectivity index (χ2v) is 5.92. The highest BCUT2D eigenvalue weighted by Crippen LogP contribution is 2.30. The van der Waals surface area contributed by atoms with Crippen LogP contribution in [0.15, 0.2) is 24.4 Å². The van der Waals surface area contributed by atoms with Crippen molar-refractivity contribution in [2.45, 2.75) is 33.4 Å². The molecule has 0 spiro atoms. The number of para-hydroxylation sites is 1. The highest BCUT2D eigenvalue weighted by molar-refractivity contribution is 7.11. The van der Waals surface area contributed by atoms with Crippen LogP contribution in [0, 0.1) is 6.92 Å². The highest BCUT2D eigenvalue weighted by atomic mass is 32.1. The van der Waals surface area contributed by atoms with E-state index in [4.69, 9.17) is 10.5 Å². The first-order valence-electron chi connectivity index (χ1n) is 6.26. The number of nitrogens with one attached hydrogen (secondary N) is 1. The molecule has 1 aromatic heterocycles. The SMILES string of the molecule is Cc1cnc(CNc2cccc(OC(C)C)c2N)s1. The van der Waals surface area contributed by atoms with Gasteiger partial charge >= 0.3 is 0 Å². The van der Waals surface area contributed by atoms with Gasteiger partial charge < -0.3 is 15.8 Å². The zero-order chi connectivity index (χ0) is 13.8. The Morgan fingerprint density at radius 1 is 1.42 bits per heavy atom. The minimum Gasteiger partial charge on any atom is -0.489 e. The van der Waals surface area contributed by atoms with Gasteiger partial charge in [-0.1, -0.05) is 6.07 Å². The van der Waals surface area contributed by atoms with Gasteiger partial charge in [0, 0.05) is 11.1 Å². The van der Waals surface area contributed by atoms with Crippen LogP contribution in [0.1, 0.15) is 23.7 Å². The van der Waals surface area contributed by atoms with Crippen LogP contribution in [-0.4, -0.2) is 11.1 Å². The lowest BCUT2D eigenvalue weighted by molar-refractivity contribution is 0.244. The van der Waals surface area contributed by atoms with Crippen molar-refractivity contribution < 1.29 is 4.74 Å². The summed E-state index contributed by atoms with van der Waals surface area (Å²) < 4.78 is 5.66. The van der Waals surface area contributed by atoms with Crippen molar-refractivity contribution in [1.82, 2.24) is 4.98 Å². The van der Waals surface area contributed by atoms with E-state index >= 15 is 0 Å². The Morgan fingerprint density at radius 2 is 2.21 bits per heavy atom. The van der Waals surface area contributed by atoms with Crippen LogP contribution in [0.5, 0.6) is 5.75 Å². The first-order chi connectivity index (χ1) is 9.06. The van der Waals surface area contributed by atoms with E-state index in [0.717, 1.165) is 16.4 Å². The molecule has 4 nitrogen and oxygen atoms in total. The van der Waals surface area contributed by atoms with Gasteiger partial charge in [0.15, 0.2) is 0 Å². The minimum atomic E-state index is 0.110. The maximum atomic E-state index is 6.10. The molecule has 102 valence electrons. The molecule has 1 aromatic carbocycles. The Kier molecular flexibility index (Phi) is 4.27. The summed E-state index contributed by atoms with van der Waals surface area (Å²) in [5.74, 6) is 0.718. The Morgan fingerprint density at radius 3 is 2.84 bits per heavy atom. The molecule has 2 rings (SSSR count). The molecular formula is C14H19N3OS. The summed E-state index contributed by atoms with van der Waals surface area (Å²) in [6.45, 7) is 6.69. The van der Waals surface area contributed by atoms with Crippen molar-refractivity contribution in [3.8, 4) is 5.75 Å².